The Balaban J connectivity index is 2.57. The summed E-state index contributed by atoms with van der Waals surface area (Å²) in [5.74, 6) is -0.190. The van der Waals surface area contributed by atoms with Crippen LogP contribution in [0.15, 0.2) is 42.5 Å². The number of hydrogen-bond acceptors (Lipinski definition) is 5. The molecule has 1 heterocycles. The zero-order valence-electron chi connectivity index (χ0n) is 10.8. The summed E-state index contributed by atoms with van der Waals surface area (Å²) < 4.78 is 0. The zero-order chi connectivity index (χ0) is 14.8. The van der Waals surface area contributed by atoms with Crippen LogP contribution in [0.25, 0.3) is 0 Å². The molecule has 2 aromatic rings. The molecule has 2 N–H and O–H groups in total. The van der Waals surface area contributed by atoms with Gasteiger partial charge in [0.2, 0.25) is 5.82 Å². The van der Waals surface area contributed by atoms with Crippen molar-refractivity contribution in [2.45, 2.75) is 12.3 Å². The van der Waals surface area contributed by atoms with E-state index in [0.717, 1.165) is 5.56 Å². The molecule has 0 aliphatic heterocycles. The van der Waals surface area contributed by atoms with E-state index in [-0.39, 0.29) is 11.5 Å². The van der Waals surface area contributed by atoms with Gasteiger partial charge in [-0.2, -0.15) is 5.26 Å². The molecule has 1 aromatic carbocycles. The molecule has 0 aliphatic rings. The van der Waals surface area contributed by atoms with Crippen molar-refractivity contribution in [3.05, 3.63) is 63.8 Å². The molecular weight excluding hydrogens is 256 g/mol. The molecule has 0 bridgehead atoms. The van der Waals surface area contributed by atoms with E-state index in [4.69, 9.17) is 5.73 Å². The molecule has 0 radical (unpaired) electrons. The summed E-state index contributed by atoms with van der Waals surface area (Å²) in [6.07, 6.45) is 0. The smallest absolute Gasteiger partial charge is 0.311 e. The average molecular weight is 268 g/mol. The third kappa shape index (κ3) is 2.17. The molecule has 0 saturated carbocycles. The maximum atomic E-state index is 10.7. The Kier molecular flexibility index (Phi) is 3.36. The Morgan fingerprint density at radius 3 is 2.45 bits per heavy atom. The summed E-state index contributed by atoms with van der Waals surface area (Å²) in [4.78, 5) is 14.2. The largest absolute Gasteiger partial charge is 0.378 e. The van der Waals surface area contributed by atoms with Crippen LogP contribution < -0.4 is 5.73 Å². The standard InChI is InChI=1S/C14H12N4O2/c1-14(9-15,10-5-3-2-4-6-10)12-8-7-11(18(19)20)13(16)17-12/h2-8H,1H3,(H2,16,17). The molecule has 6 nitrogen and oxygen atoms in total. The SMILES string of the molecule is CC(C#N)(c1ccccc1)c1ccc([N+](=O)[O-])c(N)n1. The second kappa shape index (κ2) is 4.97. The molecule has 0 fully saturated rings. The van der Waals surface area contributed by atoms with Crippen molar-refractivity contribution in [3.63, 3.8) is 0 Å². The number of aromatic nitrogens is 1. The van der Waals surface area contributed by atoms with Crippen LogP contribution in [-0.2, 0) is 5.41 Å². The lowest BCUT2D eigenvalue weighted by atomic mass is 9.80. The molecule has 0 spiro atoms. The maximum Gasteiger partial charge on any atom is 0.311 e. The molecule has 100 valence electrons. The average Bonchev–Trinajstić information content (AvgIpc) is 2.46. The van der Waals surface area contributed by atoms with Gasteiger partial charge in [0, 0.05) is 6.07 Å². The molecule has 20 heavy (non-hydrogen) atoms. The Hall–Kier alpha value is -2.94. The van der Waals surface area contributed by atoms with Crippen molar-refractivity contribution in [2.75, 3.05) is 5.73 Å². The van der Waals surface area contributed by atoms with Gasteiger partial charge in [-0.05, 0) is 18.6 Å². The lowest BCUT2D eigenvalue weighted by molar-refractivity contribution is -0.384. The first-order valence-corrected chi connectivity index (χ1v) is 5.87. The minimum atomic E-state index is -1.01. The second-order valence-electron chi connectivity index (χ2n) is 4.46. The van der Waals surface area contributed by atoms with E-state index in [1.807, 2.05) is 30.3 Å². The molecule has 0 saturated heterocycles. The van der Waals surface area contributed by atoms with Crippen molar-refractivity contribution in [2.24, 2.45) is 0 Å². The van der Waals surface area contributed by atoms with Crippen molar-refractivity contribution in [1.82, 2.24) is 4.98 Å². The van der Waals surface area contributed by atoms with Gasteiger partial charge < -0.3 is 5.73 Å². The van der Waals surface area contributed by atoms with Crippen LogP contribution in [0.3, 0.4) is 0 Å². The van der Waals surface area contributed by atoms with E-state index >= 15 is 0 Å². The third-order valence-electron chi connectivity index (χ3n) is 3.19. The summed E-state index contributed by atoms with van der Waals surface area (Å²) in [6.45, 7) is 1.70. The van der Waals surface area contributed by atoms with Gasteiger partial charge in [0.25, 0.3) is 0 Å². The van der Waals surface area contributed by atoms with Gasteiger partial charge in [-0.1, -0.05) is 30.3 Å². The van der Waals surface area contributed by atoms with E-state index in [1.54, 1.807) is 6.92 Å². The number of nitrogens with two attached hydrogens (primary N) is 1. The summed E-state index contributed by atoms with van der Waals surface area (Å²) in [5, 5.41) is 20.2. The van der Waals surface area contributed by atoms with Crippen LogP contribution in [-0.4, -0.2) is 9.91 Å². The van der Waals surface area contributed by atoms with E-state index in [9.17, 15) is 15.4 Å². The van der Waals surface area contributed by atoms with Crippen LogP contribution in [0.4, 0.5) is 11.5 Å². The summed E-state index contributed by atoms with van der Waals surface area (Å²) in [7, 11) is 0. The minimum absolute atomic E-state index is 0.190. The van der Waals surface area contributed by atoms with Gasteiger partial charge in [0.1, 0.15) is 5.41 Å². The summed E-state index contributed by atoms with van der Waals surface area (Å²) in [6, 6.07) is 14.0. The number of hydrogen-bond donors (Lipinski definition) is 1. The molecule has 0 amide bonds. The van der Waals surface area contributed by atoms with Crippen LogP contribution in [0.1, 0.15) is 18.2 Å². The van der Waals surface area contributed by atoms with Crippen molar-refractivity contribution < 1.29 is 4.92 Å². The van der Waals surface area contributed by atoms with Gasteiger partial charge in [-0.25, -0.2) is 4.98 Å². The highest BCUT2D eigenvalue weighted by molar-refractivity contribution is 5.55. The van der Waals surface area contributed by atoms with Gasteiger partial charge in [0.05, 0.1) is 16.7 Å². The summed E-state index contributed by atoms with van der Waals surface area (Å²) in [5.41, 5.74) is 5.45. The Labute approximate surface area is 115 Å². The molecular formula is C14H12N4O2. The van der Waals surface area contributed by atoms with E-state index in [0.29, 0.717) is 5.69 Å². The quantitative estimate of drug-likeness (QED) is 0.679. The number of anilines is 1. The highest BCUT2D eigenvalue weighted by Crippen LogP contribution is 2.32. The van der Waals surface area contributed by atoms with Gasteiger partial charge >= 0.3 is 5.69 Å². The predicted molar refractivity (Wildman–Crippen MR) is 73.8 cm³/mol. The highest BCUT2D eigenvalue weighted by Gasteiger charge is 2.31. The Morgan fingerprint density at radius 1 is 1.30 bits per heavy atom. The lowest BCUT2D eigenvalue weighted by Gasteiger charge is -2.21. The highest BCUT2D eigenvalue weighted by atomic mass is 16.6. The van der Waals surface area contributed by atoms with Crippen molar-refractivity contribution >= 4 is 11.5 Å². The Bertz CT molecular complexity index is 694. The number of pyridine rings is 1. The van der Waals surface area contributed by atoms with Crippen LogP contribution in [0.5, 0.6) is 0 Å². The molecule has 2 rings (SSSR count). The van der Waals surface area contributed by atoms with Crippen LogP contribution in [0, 0.1) is 21.4 Å². The molecule has 1 aromatic heterocycles. The zero-order valence-corrected chi connectivity index (χ0v) is 10.8. The van der Waals surface area contributed by atoms with Gasteiger partial charge in [-0.3, -0.25) is 10.1 Å². The van der Waals surface area contributed by atoms with Crippen molar-refractivity contribution in [3.8, 4) is 6.07 Å². The molecule has 6 heteroatoms. The monoisotopic (exact) mass is 268 g/mol. The third-order valence-corrected chi connectivity index (χ3v) is 3.19. The van der Waals surface area contributed by atoms with Gasteiger partial charge in [-0.15, -0.1) is 0 Å². The normalized spacial score (nSPS) is 13.2. The predicted octanol–water partition coefficient (Wildman–Crippen LogP) is 2.40. The number of rotatable bonds is 3. The fourth-order valence-corrected chi connectivity index (χ4v) is 1.94. The van der Waals surface area contributed by atoms with E-state index in [2.05, 4.69) is 11.1 Å². The number of nitrogen functional groups attached to an aromatic ring is 1. The molecule has 1 atom stereocenters. The van der Waals surface area contributed by atoms with Crippen molar-refractivity contribution in [1.29, 1.82) is 5.26 Å². The lowest BCUT2D eigenvalue weighted by Crippen LogP contribution is -2.23. The van der Waals surface area contributed by atoms with Crippen LogP contribution in [0.2, 0.25) is 0 Å². The summed E-state index contributed by atoms with van der Waals surface area (Å²) >= 11 is 0. The van der Waals surface area contributed by atoms with E-state index in [1.165, 1.54) is 12.1 Å². The van der Waals surface area contributed by atoms with Crippen LogP contribution >= 0.6 is 0 Å². The first-order chi connectivity index (χ1) is 9.49. The minimum Gasteiger partial charge on any atom is -0.378 e. The van der Waals surface area contributed by atoms with Gasteiger partial charge in [0.15, 0.2) is 0 Å². The second-order valence-corrected chi connectivity index (χ2v) is 4.46. The number of benzene rings is 1. The molecule has 0 aliphatic carbocycles. The maximum absolute atomic E-state index is 10.7. The number of nitro groups is 1. The number of nitriles is 1. The Morgan fingerprint density at radius 2 is 1.95 bits per heavy atom. The molecule has 1 unspecified atom stereocenters. The fraction of sp³-hybridized carbons (Fsp3) is 0.143. The fourth-order valence-electron chi connectivity index (χ4n) is 1.94. The number of nitrogens with zero attached hydrogens (tertiary/aromatic N) is 3. The topological polar surface area (TPSA) is 106 Å². The first-order valence-electron chi connectivity index (χ1n) is 5.87. The van der Waals surface area contributed by atoms with E-state index < -0.39 is 10.3 Å². The first kappa shape index (κ1) is 13.5.